The Balaban J connectivity index is 3.41. The Morgan fingerprint density at radius 2 is 1.40 bits per heavy atom. The minimum atomic E-state index is -2.33. The molecular formula is C11H9F5N2OS. The predicted molar refractivity (Wildman–Crippen MR) is 64.6 cm³/mol. The Morgan fingerprint density at radius 1 is 1.05 bits per heavy atom. The SMILES string of the molecule is CC(C(N)=S)N(C)C(=O)c1c(F)c(F)c(F)c(F)c1F. The number of halogens is 5. The molecule has 20 heavy (non-hydrogen) atoms. The van der Waals surface area contributed by atoms with Crippen LogP contribution in [0.15, 0.2) is 0 Å². The fourth-order valence-corrected chi connectivity index (χ4v) is 1.49. The summed E-state index contributed by atoms with van der Waals surface area (Å²) < 4.78 is 65.8. The average Bonchev–Trinajstić information content (AvgIpc) is 2.41. The van der Waals surface area contributed by atoms with Crippen LogP contribution >= 0.6 is 12.2 Å². The lowest BCUT2D eigenvalue weighted by atomic mass is 10.1. The van der Waals surface area contributed by atoms with Gasteiger partial charge in [-0.05, 0) is 6.92 Å². The van der Waals surface area contributed by atoms with E-state index in [1.165, 1.54) is 6.92 Å². The van der Waals surface area contributed by atoms with E-state index in [2.05, 4.69) is 12.2 Å². The number of nitrogens with zero attached hydrogens (tertiary/aromatic N) is 1. The van der Waals surface area contributed by atoms with Crippen molar-refractivity contribution in [2.45, 2.75) is 13.0 Å². The van der Waals surface area contributed by atoms with Gasteiger partial charge < -0.3 is 10.6 Å². The van der Waals surface area contributed by atoms with Gasteiger partial charge in [-0.2, -0.15) is 0 Å². The maximum Gasteiger partial charge on any atom is 0.260 e. The van der Waals surface area contributed by atoms with E-state index in [1.54, 1.807) is 0 Å². The van der Waals surface area contributed by atoms with Gasteiger partial charge in [0.15, 0.2) is 23.3 Å². The van der Waals surface area contributed by atoms with Gasteiger partial charge in [-0.1, -0.05) is 12.2 Å². The van der Waals surface area contributed by atoms with E-state index in [0.717, 1.165) is 7.05 Å². The molecule has 0 spiro atoms. The number of carbonyl (C=O) groups excluding carboxylic acids is 1. The Morgan fingerprint density at radius 3 is 1.75 bits per heavy atom. The van der Waals surface area contributed by atoms with E-state index in [4.69, 9.17) is 5.73 Å². The summed E-state index contributed by atoms with van der Waals surface area (Å²) in [4.78, 5) is 12.3. The Bertz CT molecular complexity index is 564. The van der Waals surface area contributed by atoms with Crippen LogP contribution in [0.5, 0.6) is 0 Å². The van der Waals surface area contributed by atoms with Gasteiger partial charge in [0, 0.05) is 7.05 Å². The molecule has 1 atom stereocenters. The van der Waals surface area contributed by atoms with Crippen molar-refractivity contribution in [3.05, 3.63) is 34.6 Å². The minimum absolute atomic E-state index is 0.176. The molecule has 0 fully saturated rings. The van der Waals surface area contributed by atoms with Crippen LogP contribution in [-0.4, -0.2) is 28.9 Å². The van der Waals surface area contributed by atoms with Crippen LogP contribution in [0.4, 0.5) is 22.0 Å². The van der Waals surface area contributed by atoms with Gasteiger partial charge in [0.2, 0.25) is 5.82 Å². The van der Waals surface area contributed by atoms with Crippen LogP contribution < -0.4 is 5.73 Å². The highest BCUT2D eigenvalue weighted by Gasteiger charge is 2.32. The van der Waals surface area contributed by atoms with Crippen molar-refractivity contribution in [3.8, 4) is 0 Å². The van der Waals surface area contributed by atoms with Crippen molar-refractivity contribution in [2.75, 3.05) is 7.05 Å². The average molecular weight is 312 g/mol. The van der Waals surface area contributed by atoms with Crippen molar-refractivity contribution < 1.29 is 26.7 Å². The Hall–Kier alpha value is -1.77. The van der Waals surface area contributed by atoms with Crippen molar-refractivity contribution >= 4 is 23.1 Å². The second kappa shape index (κ2) is 5.70. The molecule has 1 aromatic carbocycles. The second-order valence-electron chi connectivity index (χ2n) is 3.94. The monoisotopic (exact) mass is 312 g/mol. The van der Waals surface area contributed by atoms with Crippen molar-refractivity contribution in [1.82, 2.24) is 4.90 Å². The minimum Gasteiger partial charge on any atom is -0.392 e. The number of hydrogen-bond donors (Lipinski definition) is 1. The zero-order valence-corrected chi connectivity index (χ0v) is 11.1. The van der Waals surface area contributed by atoms with Gasteiger partial charge in [0.25, 0.3) is 5.91 Å². The van der Waals surface area contributed by atoms with Crippen LogP contribution in [0.3, 0.4) is 0 Å². The van der Waals surface area contributed by atoms with E-state index in [0.29, 0.717) is 4.90 Å². The zero-order chi connectivity index (χ0) is 15.8. The second-order valence-corrected chi connectivity index (χ2v) is 4.41. The van der Waals surface area contributed by atoms with Gasteiger partial charge in [0.1, 0.15) is 5.56 Å². The lowest BCUT2D eigenvalue weighted by Gasteiger charge is -2.24. The molecule has 9 heteroatoms. The molecule has 110 valence electrons. The van der Waals surface area contributed by atoms with Gasteiger partial charge in [-0.25, -0.2) is 22.0 Å². The third-order valence-electron chi connectivity index (χ3n) is 2.74. The largest absolute Gasteiger partial charge is 0.392 e. The van der Waals surface area contributed by atoms with Crippen LogP contribution in [0.2, 0.25) is 0 Å². The summed E-state index contributed by atoms with van der Waals surface area (Å²) in [5.74, 6) is -12.5. The molecule has 0 saturated carbocycles. The number of hydrogen-bond acceptors (Lipinski definition) is 2. The standard InChI is InChI=1S/C11H9F5N2OS/c1-3(10(17)20)18(2)11(19)4-5(12)7(14)9(16)8(15)6(4)13/h3H,1-2H3,(H2,17,20). The summed E-state index contributed by atoms with van der Waals surface area (Å²) in [7, 11) is 1.07. The lowest BCUT2D eigenvalue weighted by Crippen LogP contribution is -2.43. The van der Waals surface area contributed by atoms with Crippen LogP contribution in [0.1, 0.15) is 17.3 Å². The van der Waals surface area contributed by atoms with Crippen LogP contribution in [0.25, 0.3) is 0 Å². The molecule has 1 aromatic rings. The third-order valence-corrected chi connectivity index (χ3v) is 3.08. The Kier molecular flexibility index (Phi) is 4.64. The van der Waals surface area contributed by atoms with E-state index in [-0.39, 0.29) is 4.99 Å². The third kappa shape index (κ3) is 2.58. The topological polar surface area (TPSA) is 46.3 Å². The number of benzene rings is 1. The summed E-state index contributed by atoms with van der Waals surface area (Å²) in [5.41, 5.74) is 3.71. The first-order valence-electron chi connectivity index (χ1n) is 5.19. The van der Waals surface area contributed by atoms with Crippen molar-refractivity contribution in [1.29, 1.82) is 0 Å². The molecule has 0 aromatic heterocycles. The molecule has 1 amide bonds. The molecular weight excluding hydrogens is 303 g/mol. The Labute approximate surface area is 116 Å². The molecule has 0 aliphatic heterocycles. The molecule has 2 N–H and O–H groups in total. The number of amides is 1. The highest BCUT2D eigenvalue weighted by atomic mass is 32.1. The van der Waals surface area contributed by atoms with Gasteiger partial charge in [-0.3, -0.25) is 4.79 Å². The van der Waals surface area contributed by atoms with Crippen LogP contribution in [0, 0.1) is 29.1 Å². The molecule has 0 bridgehead atoms. The summed E-state index contributed by atoms with van der Waals surface area (Å²) in [6, 6.07) is -0.924. The normalized spacial score (nSPS) is 12.2. The maximum absolute atomic E-state index is 13.4. The summed E-state index contributed by atoms with van der Waals surface area (Å²) in [5, 5.41) is 0. The van der Waals surface area contributed by atoms with E-state index >= 15 is 0 Å². The van der Waals surface area contributed by atoms with Crippen molar-refractivity contribution in [2.24, 2.45) is 5.73 Å². The predicted octanol–water partition coefficient (Wildman–Crippen LogP) is 2.13. The number of rotatable bonds is 3. The summed E-state index contributed by atoms with van der Waals surface area (Å²) in [6.45, 7) is 1.34. The molecule has 3 nitrogen and oxygen atoms in total. The lowest BCUT2D eigenvalue weighted by molar-refractivity contribution is 0.0765. The molecule has 0 saturated heterocycles. The number of likely N-dealkylation sites (N-methyl/N-ethyl adjacent to an activating group) is 1. The summed E-state index contributed by atoms with van der Waals surface area (Å²) in [6.07, 6.45) is 0. The van der Waals surface area contributed by atoms with Crippen molar-refractivity contribution in [3.63, 3.8) is 0 Å². The zero-order valence-electron chi connectivity index (χ0n) is 10.3. The first-order chi connectivity index (χ1) is 9.11. The van der Waals surface area contributed by atoms with Gasteiger partial charge in [-0.15, -0.1) is 0 Å². The molecule has 0 aliphatic carbocycles. The van der Waals surface area contributed by atoms with E-state index in [9.17, 15) is 26.7 Å². The first kappa shape index (κ1) is 16.3. The van der Waals surface area contributed by atoms with E-state index in [1.807, 2.05) is 0 Å². The van der Waals surface area contributed by atoms with Gasteiger partial charge >= 0.3 is 0 Å². The molecule has 0 heterocycles. The summed E-state index contributed by atoms with van der Waals surface area (Å²) >= 11 is 4.59. The molecule has 0 radical (unpaired) electrons. The molecule has 1 rings (SSSR count). The van der Waals surface area contributed by atoms with Gasteiger partial charge in [0.05, 0.1) is 11.0 Å². The fraction of sp³-hybridized carbons (Fsp3) is 0.273. The highest BCUT2D eigenvalue weighted by molar-refractivity contribution is 7.80. The number of nitrogens with two attached hydrogens (primary N) is 1. The number of thiocarbonyl (C=S) groups is 1. The van der Waals surface area contributed by atoms with E-state index < -0.39 is 46.6 Å². The molecule has 1 unspecified atom stereocenters. The maximum atomic E-state index is 13.4. The molecule has 0 aliphatic rings. The fourth-order valence-electron chi connectivity index (χ4n) is 1.34. The first-order valence-corrected chi connectivity index (χ1v) is 5.60. The smallest absolute Gasteiger partial charge is 0.260 e. The number of carbonyl (C=O) groups is 1. The highest BCUT2D eigenvalue weighted by Crippen LogP contribution is 2.24. The quantitative estimate of drug-likeness (QED) is 0.402. The van der Waals surface area contributed by atoms with Crippen LogP contribution in [-0.2, 0) is 0 Å².